The van der Waals surface area contributed by atoms with Gasteiger partial charge in [0, 0.05) is 68.5 Å². The third kappa shape index (κ3) is 4.90. The van der Waals surface area contributed by atoms with E-state index in [1.54, 1.807) is 14.2 Å². The SMILES string of the molecule is COCCN1CCN(Cc2c(OC)cc(C)c3[nH]ccc23)C(c2ccc(C(=O)OC)cc2)C1. The molecular weight excluding hydrogens is 418 g/mol. The first-order chi connectivity index (χ1) is 16.0. The van der Waals surface area contributed by atoms with Gasteiger partial charge in [-0.2, -0.15) is 0 Å². The quantitative estimate of drug-likeness (QED) is 0.526. The van der Waals surface area contributed by atoms with Gasteiger partial charge in [-0.1, -0.05) is 12.1 Å². The van der Waals surface area contributed by atoms with Crippen LogP contribution in [0.1, 0.15) is 33.1 Å². The van der Waals surface area contributed by atoms with Gasteiger partial charge < -0.3 is 19.2 Å². The van der Waals surface area contributed by atoms with Gasteiger partial charge in [0.1, 0.15) is 5.75 Å². The Labute approximate surface area is 195 Å². The van der Waals surface area contributed by atoms with Crippen LogP contribution >= 0.6 is 0 Å². The van der Waals surface area contributed by atoms with E-state index in [1.165, 1.54) is 29.2 Å². The highest BCUT2D eigenvalue weighted by Crippen LogP contribution is 2.35. The van der Waals surface area contributed by atoms with Gasteiger partial charge in [-0.25, -0.2) is 4.79 Å². The third-order valence-corrected chi connectivity index (χ3v) is 6.60. The van der Waals surface area contributed by atoms with Crippen molar-refractivity contribution in [3.63, 3.8) is 0 Å². The Bertz CT molecular complexity index is 1090. The number of hydrogen-bond donors (Lipinski definition) is 1. The number of ether oxygens (including phenoxy) is 3. The number of aromatic nitrogens is 1. The summed E-state index contributed by atoms with van der Waals surface area (Å²) >= 11 is 0. The highest BCUT2D eigenvalue weighted by atomic mass is 16.5. The van der Waals surface area contributed by atoms with Gasteiger partial charge >= 0.3 is 5.97 Å². The van der Waals surface area contributed by atoms with Gasteiger partial charge in [-0.15, -0.1) is 0 Å². The van der Waals surface area contributed by atoms with Crippen molar-refractivity contribution in [1.82, 2.24) is 14.8 Å². The van der Waals surface area contributed by atoms with E-state index in [-0.39, 0.29) is 12.0 Å². The molecule has 7 nitrogen and oxygen atoms in total. The number of piperazine rings is 1. The van der Waals surface area contributed by atoms with Gasteiger partial charge in [-0.05, 0) is 42.3 Å². The van der Waals surface area contributed by atoms with E-state index >= 15 is 0 Å². The second-order valence-electron chi connectivity index (χ2n) is 8.53. The van der Waals surface area contributed by atoms with Crippen LogP contribution in [0.3, 0.4) is 0 Å². The molecular formula is C26H33N3O4. The van der Waals surface area contributed by atoms with E-state index in [0.717, 1.165) is 44.0 Å². The molecule has 1 unspecified atom stereocenters. The number of fused-ring (bicyclic) bond motifs is 1. The number of benzene rings is 2. The number of nitrogens with zero attached hydrogens (tertiary/aromatic N) is 2. The Kier molecular flexibility index (Phi) is 7.33. The van der Waals surface area contributed by atoms with E-state index in [0.29, 0.717) is 12.2 Å². The molecule has 1 aliphatic rings. The molecule has 1 fully saturated rings. The number of hydrogen-bond acceptors (Lipinski definition) is 6. The van der Waals surface area contributed by atoms with E-state index in [2.05, 4.69) is 33.8 Å². The Balaban J connectivity index is 1.66. The molecule has 176 valence electrons. The number of aromatic amines is 1. The standard InChI is InChI=1S/C26H33N3O4/c1-18-15-24(32-3)22(21-9-10-27-25(18)21)16-29-12-11-28(13-14-31-2)17-23(29)19-5-7-20(8-6-19)26(30)33-4/h5-10,15,23,27H,11-14,16-17H2,1-4H3. The van der Waals surface area contributed by atoms with Gasteiger partial charge in [-0.3, -0.25) is 9.80 Å². The zero-order valence-electron chi connectivity index (χ0n) is 19.9. The zero-order chi connectivity index (χ0) is 23.4. The van der Waals surface area contributed by atoms with Crippen molar-refractivity contribution in [2.24, 2.45) is 0 Å². The second-order valence-corrected chi connectivity index (χ2v) is 8.53. The monoisotopic (exact) mass is 451 g/mol. The van der Waals surface area contributed by atoms with Crippen LogP contribution in [0.25, 0.3) is 10.9 Å². The molecule has 1 saturated heterocycles. The summed E-state index contributed by atoms with van der Waals surface area (Å²) in [5.74, 6) is 0.601. The minimum atomic E-state index is -0.317. The summed E-state index contributed by atoms with van der Waals surface area (Å²) in [7, 11) is 4.89. The summed E-state index contributed by atoms with van der Waals surface area (Å²) in [5.41, 5.74) is 5.27. The summed E-state index contributed by atoms with van der Waals surface area (Å²) in [6, 6.07) is 12.2. The van der Waals surface area contributed by atoms with Crippen LogP contribution in [-0.2, 0) is 16.0 Å². The van der Waals surface area contributed by atoms with E-state index in [1.807, 2.05) is 30.5 Å². The minimum Gasteiger partial charge on any atom is -0.496 e. The molecule has 1 N–H and O–H groups in total. The number of nitrogens with one attached hydrogen (secondary N) is 1. The lowest BCUT2D eigenvalue weighted by molar-refractivity contribution is 0.0506. The molecule has 2 aromatic carbocycles. The highest BCUT2D eigenvalue weighted by molar-refractivity contribution is 5.89. The van der Waals surface area contributed by atoms with Crippen LogP contribution in [-0.4, -0.2) is 74.9 Å². The lowest BCUT2D eigenvalue weighted by Crippen LogP contribution is -2.48. The van der Waals surface area contributed by atoms with Gasteiger partial charge in [0.05, 0.1) is 26.4 Å². The van der Waals surface area contributed by atoms with Gasteiger partial charge in [0.2, 0.25) is 0 Å². The first-order valence-corrected chi connectivity index (χ1v) is 11.3. The molecule has 3 aromatic rings. The van der Waals surface area contributed by atoms with Crippen molar-refractivity contribution in [3.05, 3.63) is 64.8 Å². The van der Waals surface area contributed by atoms with Crippen LogP contribution in [0.15, 0.2) is 42.6 Å². The molecule has 33 heavy (non-hydrogen) atoms. The van der Waals surface area contributed by atoms with Gasteiger partial charge in [0.25, 0.3) is 0 Å². The summed E-state index contributed by atoms with van der Waals surface area (Å²) in [5, 5.41) is 1.20. The third-order valence-electron chi connectivity index (χ3n) is 6.60. The number of rotatable bonds is 8. The smallest absolute Gasteiger partial charge is 0.337 e. The Hall–Kier alpha value is -2.87. The Morgan fingerprint density at radius 1 is 1.12 bits per heavy atom. The highest BCUT2D eigenvalue weighted by Gasteiger charge is 2.29. The van der Waals surface area contributed by atoms with Crippen molar-refractivity contribution in [2.75, 3.05) is 54.1 Å². The molecule has 1 atom stereocenters. The summed E-state index contributed by atoms with van der Waals surface area (Å²) < 4.78 is 16.0. The average Bonchev–Trinajstić information content (AvgIpc) is 3.35. The molecule has 0 aliphatic carbocycles. The maximum Gasteiger partial charge on any atom is 0.337 e. The number of methoxy groups -OCH3 is 3. The lowest BCUT2D eigenvalue weighted by Gasteiger charge is -2.42. The summed E-state index contributed by atoms with van der Waals surface area (Å²) in [4.78, 5) is 20.2. The minimum absolute atomic E-state index is 0.183. The maximum absolute atomic E-state index is 11.9. The maximum atomic E-state index is 11.9. The predicted molar refractivity (Wildman–Crippen MR) is 129 cm³/mol. The average molecular weight is 452 g/mol. The van der Waals surface area contributed by atoms with Crippen LogP contribution in [0.4, 0.5) is 0 Å². The topological polar surface area (TPSA) is 67.0 Å². The molecule has 0 radical (unpaired) electrons. The number of esters is 1. The Morgan fingerprint density at radius 3 is 2.61 bits per heavy atom. The molecule has 0 bridgehead atoms. The largest absolute Gasteiger partial charge is 0.496 e. The van der Waals surface area contributed by atoms with Crippen molar-refractivity contribution in [3.8, 4) is 5.75 Å². The van der Waals surface area contributed by atoms with Crippen LogP contribution in [0.2, 0.25) is 0 Å². The van der Waals surface area contributed by atoms with Crippen molar-refractivity contribution >= 4 is 16.9 Å². The van der Waals surface area contributed by atoms with E-state index < -0.39 is 0 Å². The number of carbonyl (C=O) groups is 1. The predicted octanol–water partition coefficient (Wildman–Crippen LogP) is 3.78. The fourth-order valence-corrected chi connectivity index (χ4v) is 4.75. The van der Waals surface area contributed by atoms with Crippen molar-refractivity contribution in [2.45, 2.75) is 19.5 Å². The van der Waals surface area contributed by atoms with Crippen molar-refractivity contribution < 1.29 is 19.0 Å². The number of H-pyrrole nitrogens is 1. The van der Waals surface area contributed by atoms with Crippen molar-refractivity contribution in [1.29, 1.82) is 0 Å². The van der Waals surface area contributed by atoms with Crippen LogP contribution < -0.4 is 4.74 Å². The summed E-state index contributed by atoms with van der Waals surface area (Å²) in [6.07, 6.45) is 1.99. The second kappa shape index (κ2) is 10.4. The van der Waals surface area contributed by atoms with E-state index in [4.69, 9.17) is 14.2 Å². The molecule has 7 heteroatoms. The van der Waals surface area contributed by atoms with Crippen LogP contribution in [0.5, 0.6) is 5.75 Å². The normalized spacial score (nSPS) is 17.4. The van der Waals surface area contributed by atoms with Crippen LogP contribution in [0, 0.1) is 6.92 Å². The molecule has 1 aromatic heterocycles. The van der Waals surface area contributed by atoms with E-state index in [9.17, 15) is 4.79 Å². The zero-order valence-corrected chi connectivity index (χ0v) is 19.9. The summed E-state index contributed by atoms with van der Waals surface area (Å²) in [6.45, 7) is 7.29. The molecule has 4 rings (SSSR count). The molecule has 1 aliphatic heterocycles. The first kappa shape index (κ1) is 23.3. The lowest BCUT2D eigenvalue weighted by atomic mass is 9.98. The fraction of sp³-hybridized carbons (Fsp3) is 0.423. The molecule has 2 heterocycles. The number of carbonyl (C=O) groups excluding carboxylic acids is 1. The Morgan fingerprint density at radius 2 is 1.91 bits per heavy atom. The van der Waals surface area contributed by atoms with Gasteiger partial charge in [0.15, 0.2) is 0 Å². The molecule has 0 amide bonds. The number of aryl methyl sites for hydroxylation is 1. The molecule has 0 saturated carbocycles. The fourth-order valence-electron chi connectivity index (χ4n) is 4.75. The molecule has 0 spiro atoms. The first-order valence-electron chi connectivity index (χ1n) is 11.3.